The molecule has 0 aliphatic carbocycles. The fraction of sp³-hybridized carbons (Fsp3) is 0.833. The molecule has 1 radical (unpaired) electrons. The second-order valence-corrected chi connectivity index (χ2v) is 2.16. The van der Waals surface area contributed by atoms with Crippen molar-refractivity contribution in [1.29, 1.82) is 0 Å². The molecule has 8 heavy (non-hydrogen) atoms. The highest BCUT2D eigenvalue weighted by Gasteiger charge is 2.05. The third kappa shape index (κ3) is 2.61. The highest BCUT2D eigenvalue weighted by molar-refractivity contribution is 5.21. The van der Waals surface area contributed by atoms with E-state index in [1.807, 2.05) is 6.92 Å². The van der Waals surface area contributed by atoms with Crippen LogP contribution in [0.15, 0.2) is 5.16 Å². The van der Waals surface area contributed by atoms with Gasteiger partial charge in [0.25, 0.3) is 0 Å². The van der Waals surface area contributed by atoms with E-state index in [-0.39, 0.29) is 6.10 Å². The van der Waals surface area contributed by atoms with Crippen LogP contribution in [-0.2, 0) is 4.84 Å². The summed E-state index contributed by atoms with van der Waals surface area (Å²) in [6, 6.07) is 0. The summed E-state index contributed by atoms with van der Waals surface area (Å²) < 4.78 is 0. The van der Waals surface area contributed by atoms with Gasteiger partial charge >= 0.3 is 0 Å². The first-order valence-corrected chi connectivity index (χ1v) is 2.74. The number of rotatable bonds is 3. The summed E-state index contributed by atoms with van der Waals surface area (Å²) in [5.41, 5.74) is 0. The standard InChI is InChI=1S/C6H12NO/c1-5(2)6(3)8-7-4/h4-6H,1-3H3. The molecule has 0 amide bonds. The molecule has 0 spiro atoms. The Morgan fingerprint density at radius 2 is 1.88 bits per heavy atom. The van der Waals surface area contributed by atoms with Crippen LogP contribution in [0.3, 0.4) is 0 Å². The Kier molecular flexibility index (Phi) is 3.24. The summed E-state index contributed by atoms with van der Waals surface area (Å²) in [6.45, 7) is 10.8. The van der Waals surface area contributed by atoms with Gasteiger partial charge in [0.15, 0.2) is 0 Å². The normalized spacial score (nSPS) is 13.5. The van der Waals surface area contributed by atoms with Gasteiger partial charge in [-0.05, 0) is 12.8 Å². The average molecular weight is 114 g/mol. The van der Waals surface area contributed by atoms with Gasteiger partial charge in [0.2, 0.25) is 0 Å². The van der Waals surface area contributed by atoms with E-state index in [2.05, 4.69) is 19.0 Å². The lowest BCUT2D eigenvalue weighted by molar-refractivity contribution is 0.0423. The van der Waals surface area contributed by atoms with Gasteiger partial charge in [-0.2, -0.15) is 0 Å². The van der Waals surface area contributed by atoms with Gasteiger partial charge in [-0.1, -0.05) is 19.0 Å². The van der Waals surface area contributed by atoms with Crippen molar-refractivity contribution in [3.8, 4) is 0 Å². The SMILES string of the molecule is [CH]=NOC(C)C(C)C. The zero-order valence-corrected chi connectivity index (χ0v) is 5.59. The van der Waals surface area contributed by atoms with Gasteiger partial charge in [0.05, 0.1) is 6.72 Å². The smallest absolute Gasteiger partial charge is 0.127 e. The zero-order chi connectivity index (χ0) is 6.57. The molecule has 0 N–H and O–H groups in total. The molecule has 0 aromatic heterocycles. The summed E-state index contributed by atoms with van der Waals surface area (Å²) in [6.07, 6.45) is 0.125. The van der Waals surface area contributed by atoms with Crippen LogP contribution in [-0.4, -0.2) is 12.8 Å². The third-order valence-electron chi connectivity index (χ3n) is 1.17. The molecule has 0 bridgehead atoms. The van der Waals surface area contributed by atoms with Crippen molar-refractivity contribution in [3.05, 3.63) is 0 Å². The van der Waals surface area contributed by atoms with Crippen molar-refractivity contribution in [2.45, 2.75) is 26.9 Å². The Labute approximate surface area is 50.5 Å². The van der Waals surface area contributed by atoms with Crippen molar-refractivity contribution >= 4 is 6.72 Å². The first-order chi connectivity index (χ1) is 3.68. The summed E-state index contributed by atoms with van der Waals surface area (Å²) in [5.74, 6) is 0.474. The Morgan fingerprint density at radius 1 is 1.38 bits per heavy atom. The molecular weight excluding hydrogens is 102 g/mol. The first kappa shape index (κ1) is 7.47. The first-order valence-electron chi connectivity index (χ1n) is 2.74. The summed E-state index contributed by atoms with van der Waals surface area (Å²) in [7, 11) is 0. The molecule has 0 aromatic carbocycles. The fourth-order valence-corrected chi connectivity index (χ4v) is 0.218. The summed E-state index contributed by atoms with van der Waals surface area (Å²) in [5, 5.41) is 3.06. The molecular formula is C6H12NO. The van der Waals surface area contributed by atoms with Gasteiger partial charge in [0.1, 0.15) is 6.10 Å². The van der Waals surface area contributed by atoms with Crippen molar-refractivity contribution in [1.82, 2.24) is 0 Å². The molecule has 0 rings (SSSR count). The quantitative estimate of drug-likeness (QED) is 0.403. The van der Waals surface area contributed by atoms with Crippen LogP contribution in [0.1, 0.15) is 20.8 Å². The van der Waals surface area contributed by atoms with E-state index in [0.717, 1.165) is 0 Å². The largest absolute Gasteiger partial charge is 0.392 e. The van der Waals surface area contributed by atoms with Gasteiger partial charge in [-0.25, -0.2) is 0 Å². The average Bonchev–Trinajstić information content (AvgIpc) is 1.67. The maximum absolute atomic E-state index is 4.77. The van der Waals surface area contributed by atoms with Crippen molar-refractivity contribution < 1.29 is 4.84 Å². The van der Waals surface area contributed by atoms with Gasteiger partial charge in [0, 0.05) is 0 Å². The molecule has 0 saturated carbocycles. The lowest BCUT2D eigenvalue weighted by Gasteiger charge is -2.11. The van der Waals surface area contributed by atoms with Crippen molar-refractivity contribution in [3.63, 3.8) is 0 Å². The molecule has 47 valence electrons. The maximum atomic E-state index is 4.77. The Hall–Kier alpha value is -0.530. The summed E-state index contributed by atoms with van der Waals surface area (Å²) >= 11 is 0. The Morgan fingerprint density at radius 3 is 2.00 bits per heavy atom. The van der Waals surface area contributed by atoms with E-state index in [4.69, 9.17) is 11.6 Å². The fourth-order valence-electron chi connectivity index (χ4n) is 0.218. The number of hydrogen-bond donors (Lipinski definition) is 0. The molecule has 0 aliphatic rings. The summed E-state index contributed by atoms with van der Waals surface area (Å²) in [4.78, 5) is 4.71. The van der Waals surface area contributed by atoms with E-state index in [0.29, 0.717) is 5.92 Å². The van der Waals surface area contributed by atoms with Gasteiger partial charge < -0.3 is 4.84 Å². The van der Waals surface area contributed by atoms with Crippen LogP contribution in [0.2, 0.25) is 0 Å². The van der Waals surface area contributed by atoms with Gasteiger partial charge in [-0.3, -0.25) is 0 Å². The minimum atomic E-state index is 0.125. The Bertz CT molecular complexity index is 70.9. The van der Waals surface area contributed by atoms with Crippen LogP contribution in [0.5, 0.6) is 0 Å². The molecule has 0 aromatic rings. The van der Waals surface area contributed by atoms with E-state index in [1.54, 1.807) is 0 Å². The molecule has 1 unspecified atom stereocenters. The lowest BCUT2D eigenvalue weighted by atomic mass is 10.1. The van der Waals surface area contributed by atoms with E-state index >= 15 is 0 Å². The molecule has 0 fully saturated rings. The molecule has 1 atom stereocenters. The molecule has 0 saturated heterocycles. The number of hydrogen-bond acceptors (Lipinski definition) is 2. The van der Waals surface area contributed by atoms with Crippen LogP contribution >= 0.6 is 0 Å². The Balaban J connectivity index is 3.30. The predicted octanol–water partition coefficient (Wildman–Crippen LogP) is 1.54. The topological polar surface area (TPSA) is 21.6 Å². The van der Waals surface area contributed by atoms with E-state index in [9.17, 15) is 0 Å². The van der Waals surface area contributed by atoms with Crippen LogP contribution in [0.25, 0.3) is 0 Å². The highest BCUT2D eigenvalue weighted by Crippen LogP contribution is 2.03. The second-order valence-electron chi connectivity index (χ2n) is 2.16. The molecule has 0 heterocycles. The monoisotopic (exact) mass is 114 g/mol. The van der Waals surface area contributed by atoms with Gasteiger partial charge in [-0.15, -0.1) is 0 Å². The minimum Gasteiger partial charge on any atom is -0.392 e. The number of nitrogens with zero attached hydrogens (tertiary/aromatic N) is 1. The molecule has 2 nitrogen and oxygen atoms in total. The lowest BCUT2D eigenvalue weighted by Crippen LogP contribution is -2.11. The van der Waals surface area contributed by atoms with Crippen LogP contribution in [0, 0.1) is 5.92 Å². The molecule has 0 aliphatic heterocycles. The zero-order valence-electron chi connectivity index (χ0n) is 5.59. The second kappa shape index (κ2) is 3.47. The van der Waals surface area contributed by atoms with Crippen molar-refractivity contribution in [2.24, 2.45) is 11.1 Å². The highest BCUT2D eigenvalue weighted by atomic mass is 16.6. The van der Waals surface area contributed by atoms with Crippen LogP contribution in [0.4, 0.5) is 0 Å². The van der Waals surface area contributed by atoms with E-state index < -0.39 is 0 Å². The predicted molar refractivity (Wildman–Crippen MR) is 33.9 cm³/mol. The van der Waals surface area contributed by atoms with E-state index in [1.165, 1.54) is 0 Å². The minimum absolute atomic E-state index is 0.125. The molecule has 2 heteroatoms. The van der Waals surface area contributed by atoms with Crippen LogP contribution < -0.4 is 0 Å². The maximum Gasteiger partial charge on any atom is 0.127 e. The van der Waals surface area contributed by atoms with Crippen molar-refractivity contribution in [2.75, 3.05) is 0 Å². The third-order valence-corrected chi connectivity index (χ3v) is 1.17.